The van der Waals surface area contributed by atoms with Crippen molar-refractivity contribution in [3.8, 4) is 5.75 Å². The molecule has 3 N–H and O–H groups in total. The summed E-state index contributed by atoms with van der Waals surface area (Å²) in [4.78, 5) is 28.9. The summed E-state index contributed by atoms with van der Waals surface area (Å²) in [7, 11) is 0. The molecular weight excluding hydrogens is 607 g/mol. The van der Waals surface area contributed by atoms with Gasteiger partial charge in [0.2, 0.25) is 11.8 Å². The smallest absolute Gasteiger partial charge is 0.247 e. The minimum Gasteiger partial charge on any atom is -0.482 e. The van der Waals surface area contributed by atoms with Crippen LogP contribution in [0.3, 0.4) is 0 Å². The van der Waals surface area contributed by atoms with Crippen LogP contribution in [0, 0.1) is 26.7 Å². The molecule has 1 aromatic carbocycles. The predicted molar refractivity (Wildman–Crippen MR) is 158 cm³/mol. The summed E-state index contributed by atoms with van der Waals surface area (Å²) in [5.74, 6) is 2.71. The van der Waals surface area contributed by atoms with E-state index in [0.717, 1.165) is 34.2 Å². The Labute approximate surface area is 245 Å². The number of ether oxygens (including phenoxy) is 1. The highest BCUT2D eigenvalue weighted by Gasteiger charge is 2.53. The van der Waals surface area contributed by atoms with Gasteiger partial charge in [0.1, 0.15) is 18.0 Å². The normalized spacial score (nSPS) is 33.0. The minimum atomic E-state index is -0.963. The number of nitrogens with zero attached hydrogens (tertiary/aromatic N) is 1. The van der Waals surface area contributed by atoms with E-state index in [2.05, 4.69) is 34.8 Å². The fourth-order valence-electron chi connectivity index (χ4n) is 8.17. The number of aliphatic hydroxyl groups excluding tert-OH is 2. The number of carbonyl (C=O) groups is 2. The summed E-state index contributed by atoms with van der Waals surface area (Å²) < 4.78 is 7.23. The molecule has 4 saturated carbocycles. The molecule has 1 aromatic rings. The summed E-state index contributed by atoms with van der Waals surface area (Å²) in [6.45, 7) is 2.74. The first kappa shape index (κ1) is 28.9. The highest BCUT2D eigenvalue weighted by atomic mass is 127. The van der Waals surface area contributed by atoms with E-state index in [1.165, 1.54) is 38.5 Å². The van der Waals surface area contributed by atoms with Crippen LogP contribution in [-0.2, 0) is 9.59 Å². The van der Waals surface area contributed by atoms with Crippen LogP contribution < -0.4 is 10.1 Å². The molecule has 4 fully saturated rings. The lowest BCUT2D eigenvalue weighted by molar-refractivity contribution is -0.147. The number of hydrogen-bond donors (Lipinski definition) is 3. The monoisotopic (exact) mass is 650 g/mol. The van der Waals surface area contributed by atoms with Gasteiger partial charge in [-0.3, -0.25) is 9.59 Å². The molecule has 6 rings (SSSR count). The molecule has 0 spiro atoms. The van der Waals surface area contributed by atoms with E-state index < -0.39 is 18.2 Å². The average molecular weight is 651 g/mol. The van der Waals surface area contributed by atoms with Gasteiger partial charge in [0.25, 0.3) is 0 Å². The lowest BCUT2D eigenvalue weighted by Crippen LogP contribution is -2.59. The number of hydrogen-bond acceptors (Lipinski definition) is 5. The van der Waals surface area contributed by atoms with Crippen LogP contribution in [0.1, 0.15) is 71.1 Å². The van der Waals surface area contributed by atoms with Gasteiger partial charge in [0.15, 0.2) is 0 Å². The molecular formula is C31H43IN2O5. The van der Waals surface area contributed by atoms with Gasteiger partial charge < -0.3 is 25.2 Å². The van der Waals surface area contributed by atoms with E-state index in [9.17, 15) is 19.8 Å². The van der Waals surface area contributed by atoms with E-state index in [4.69, 9.17) is 4.74 Å². The molecule has 3 unspecified atom stereocenters. The average Bonchev–Trinajstić information content (AvgIpc) is 2.90. The third-order valence-corrected chi connectivity index (χ3v) is 10.3. The van der Waals surface area contributed by atoms with Crippen LogP contribution in [0.4, 0.5) is 0 Å². The molecule has 0 radical (unpaired) electrons. The number of para-hydroxylation sites is 1. The second-order valence-electron chi connectivity index (χ2n) is 12.5. The number of carbonyl (C=O) groups excluding carboxylic acids is 2. The van der Waals surface area contributed by atoms with E-state index in [-0.39, 0.29) is 36.8 Å². The Morgan fingerprint density at radius 2 is 1.79 bits per heavy atom. The highest BCUT2D eigenvalue weighted by molar-refractivity contribution is 14.1. The largest absolute Gasteiger partial charge is 0.482 e. The first-order chi connectivity index (χ1) is 18.8. The maximum absolute atomic E-state index is 13.9. The molecule has 39 heavy (non-hydrogen) atoms. The zero-order valence-corrected chi connectivity index (χ0v) is 25.1. The second-order valence-corrected chi connectivity index (χ2v) is 13.7. The Bertz CT molecular complexity index is 1040. The van der Waals surface area contributed by atoms with Gasteiger partial charge in [-0.1, -0.05) is 25.5 Å². The summed E-state index contributed by atoms with van der Waals surface area (Å²) >= 11 is 2.20. The zero-order chi connectivity index (χ0) is 27.6. The van der Waals surface area contributed by atoms with E-state index in [1.807, 2.05) is 29.2 Å². The van der Waals surface area contributed by atoms with E-state index >= 15 is 0 Å². The van der Waals surface area contributed by atoms with Crippen LogP contribution in [0.2, 0.25) is 0 Å². The molecule has 0 aromatic heterocycles. The minimum absolute atomic E-state index is 0.0710. The quantitative estimate of drug-likeness (QED) is 0.308. The molecule has 0 saturated heterocycles. The second kappa shape index (κ2) is 12.5. The SMILES string of the molecule is CCCCC(=O)N(CC12CC3CC(CC(C3)C1)C2)C1CC(C(=O)NCCO)=CC(Oc2ccccc2I)C1O. The third kappa shape index (κ3) is 6.48. The molecule has 214 valence electrons. The Morgan fingerprint density at radius 3 is 2.41 bits per heavy atom. The summed E-state index contributed by atoms with van der Waals surface area (Å²) in [6, 6.07) is 7.06. The van der Waals surface area contributed by atoms with Crippen molar-refractivity contribution in [2.45, 2.75) is 89.4 Å². The maximum Gasteiger partial charge on any atom is 0.247 e. The zero-order valence-electron chi connectivity index (χ0n) is 23.0. The highest BCUT2D eigenvalue weighted by Crippen LogP contribution is 2.60. The van der Waals surface area contributed by atoms with Crippen LogP contribution in [-0.4, -0.2) is 64.9 Å². The summed E-state index contributed by atoms with van der Waals surface area (Å²) in [5, 5.41) is 23.8. The number of halogens is 1. The number of unbranched alkanes of at least 4 members (excludes halogenated alkanes) is 1. The van der Waals surface area contributed by atoms with Crippen molar-refractivity contribution in [2.75, 3.05) is 19.7 Å². The van der Waals surface area contributed by atoms with Gasteiger partial charge in [-0.2, -0.15) is 0 Å². The maximum atomic E-state index is 13.9. The van der Waals surface area contributed by atoms with Crippen molar-refractivity contribution >= 4 is 34.4 Å². The molecule has 0 heterocycles. The van der Waals surface area contributed by atoms with Crippen LogP contribution in [0.25, 0.3) is 0 Å². The lowest BCUT2D eigenvalue weighted by atomic mass is 9.49. The van der Waals surface area contributed by atoms with Crippen LogP contribution in [0.15, 0.2) is 35.9 Å². The summed E-state index contributed by atoms with van der Waals surface area (Å²) in [6.07, 6.45) is 9.92. The van der Waals surface area contributed by atoms with Crippen molar-refractivity contribution in [1.82, 2.24) is 10.2 Å². The Hall–Kier alpha value is -1.65. The molecule has 2 amide bonds. The van der Waals surface area contributed by atoms with E-state index in [1.54, 1.807) is 6.08 Å². The van der Waals surface area contributed by atoms with Crippen molar-refractivity contribution in [3.63, 3.8) is 0 Å². The number of rotatable bonds is 11. The molecule has 5 aliphatic carbocycles. The van der Waals surface area contributed by atoms with Gasteiger partial charge >= 0.3 is 0 Å². The molecule has 8 heteroatoms. The molecule has 5 aliphatic rings. The van der Waals surface area contributed by atoms with Gasteiger partial charge in [-0.15, -0.1) is 0 Å². The first-order valence-corrected chi connectivity index (χ1v) is 15.9. The molecule has 4 bridgehead atoms. The number of aliphatic hydroxyl groups is 2. The first-order valence-electron chi connectivity index (χ1n) is 14.8. The molecule has 7 nitrogen and oxygen atoms in total. The van der Waals surface area contributed by atoms with Crippen molar-refractivity contribution in [1.29, 1.82) is 0 Å². The van der Waals surface area contributed by atoms with Crippen molar-refractivity contribution in [3.05, 3.63) is 39.5 Å². The number of nitrogens with one attached hydrogen (secondary N) is 1. The Kier molecular flexibility index (Phi) is 9.23. The molecule has 0 aliphatic heterocycles. The fourth-order valence-corrected chi connectivity index (χ4v) is 8.69. The van der Waals surface area contributed by atoms with Crippen molar-refractivity contribution < 1.29 is 24.5 Å². The van der Waals surface area contributed by atoms with Gasteiger partial charge in [0, 0.05) is 31.5 Å². The van der Waals surface area contributed by atoms with Crippen molar-refractivity contribution in [2.24, 2.45) is 23.2 Å². The number of amides is 2. The summed E-state index contributed by atoms with van der Waals surface area (Å²) in [5.41, 5.74) is 0.607. The van der Waals surface area contributed by atoms with Gasteiger partial charge in [0.05, 0.1) is 16.2 Å². The predicted octanol–water partition coefficient (Wildman–Crippen LogP) is 4.44. The standard InChI is InChI=1S/C31H43IN2O5/c1-2-3-8-28(36)34(19-31-16-20-11-21(17-31)13-22(12-20)18-31)25-14-23(30(38)33-9-10-35)15-27(29(25)37)39-26-7-5-4-6-24(26)32/h4-7,15,20-22,25,27,29,35,37H,2-3,8-14,16-19H2,1H3,(H,33,38). The number of benzene rings is 1. The Morgan fingerprint density at radius 1 is 1.13 bits per heavy atom. The Balaban J connectivity index is 1.45. The third-order valence-electron chi connectivity index (χ3n) is 9.45. The lowest BCUT2D eigenvalue weighted by Gasteiger charge is -2.58. The van der Waals surface area contributed by atoms with Crippen LogP contribution in [0.5, 0.6) is 5.75 Å². The topological polar surface area (TPSA) is 99.1 Å². The van der Waals surface area contributed by atoms with Gasteiger partial charge in [-0.25, -0.2) is 0 Å². The van der Waals surface area contributed by atoms with Crippen LogP contribution >= 0.6 is 22.6 Å². The fraction of sp³-hybridized carbons (Fsp3) is 0.677. The molecule has 3 atom stereocenters. The van der Waals surface area contributed by atoms with E-state index in [0.29, 0.717) is 24.3 Å². The van der Waals surface area contributed by atoms with Gasteiger partial charge in [-0.05, 0) is 109 Å².